The third-order valence-corrected chi connectivity index (χ3v) is 2.00. The number of hydrogen-bond donors (Lipinski definition) is 1. The monoisotopic (exact) mass is 157 g/mol. The summed E-state index contributed by atoms with van der Waals surface area (Å²) in [5, 5.41) is 8.53. The van der Waals surface area contributed by atoms with Gasteiger partial charge in [0.15, 0.2) is 0 Å². The topological polar surface area (TPSA) is 66.8 Å². The number of rotatable bonds is 1. The van der Waals surface area contributed by atoms with Crippen LogP contribution in [0.3, 0.4) is 0 Å². The van der Waals surface area contributed by atoms with Gasteiger partial charge in [-0.15, -0.1) is 0 Å². The zero-order chi connectivity index (χ0) is 8.01. The van der Waals surface area contributed by atoms with Crippen molar-refractivity contribution in [1.29, 1.82) is 0 Å². The third kappa shape index (κ3) is 0.742. The molecule has 2 saturated heterocycles. The van der Waals surface area contributed by atoms with Gasteiger partial charge in [0.2, 0.25) is 12.1 Å². The Kier molecular flexibility index (Phi) is 1.17. The Morgan fingerprint density at radius 1 is 1.73 bits per heavy atom. The number of carbonyl (C=O) groups is 2. The van der Waals surface area contributed by atoms with Gasteiger partial charge in [0.1, 0.15) is 0 Å². The molecule has 1 amide bonds. The molecule has 2 aliphatic heterocycles. The van der Waals surface area contributed by atoms with Gasteiger partial charge < -0.3 is 14.7 Å². The number of β-lactam (4-membered cyclic amide) rings is 1. The minimum atomic E-state index is -1.08. The summed E-state index contributed by atoms with van der Waals surface area (Å²) >= 11 is 0. The normalized spacial score (nSPS) is 34.9. The highest BCUT2D eigenvalue weighted by molar-refractivity contribution is 5.88. The second kappa shape index (κ2) is 1.94. The summed E-state index contributed by atoms with van der Waals surface area (Å²) in [4.78, 5) is 22.5. The third-order valence-electron chi connectivity index (χ3n) is 2.00. The molecule has 0 aromatic carbocycles. The first-order valence-electron chi connectivity index (χ1n) is 3.35. The molecule has 2 aliphatic rings. The maximum absolute atomic E-state index is 10.8. The molecule has 5 heteroatoms. The summed E-state index contributed by atoms with van der Waals surface area (Å²) in [6, 6.07) is 0.0172. The van der Waals surface area contributed by atoms with Gasteiger partial charge in [0.05, 0.1) is 12.6 Å². The Bertz CT molecular complexity index is 219. The molecule has 2 fully saturated rings. The standard InChI is InChI=1S/C6H7NO4/c8-4-1-3-2-11-5(6(9)10)7(3)4/h3,5H,1-2H2,(H,9,10)/t3-,5+/m1/s1. The molecule has 11 heavy (non-hydrogen) atoms. The molecule has 0 bridgehead atoms. The maximum atomic E-state index is 10.8. The lowest BCUT2D eigenvalue weighted by atomic mass is 10.0. The fourth-order valence-electron chi connectivity index (χ4n) is 1.43. The van der Waals surface area contributed by atoms with E-state index in [2.05, 4.69) is 0 Å². The van der Waals surface area contributed by atoms with E-state index in [1.165, 1.54) is 4.90 Å². The lowest BCUT2D eigenvalue weighted by molar-refractivity contribution is -0.166. The number of hydrogen-bond acceptors (Lipinski definition) is 3. The van der Waals surface area contributed by atoms with Crippen molar-refractivity contribution >= 4 is 11.9 Å². The Labute approximate surface area is 62.5 Å². The SMILES string of the molecule is O=C(O)[C@@H]1OC[C@H]2CC(=O)N21. The van der Waals surface area contributed by atoms with Crippen LogP contribution in [0.25, 0.3) is 0 Å². The van der Waals surface area contributed by atoms with Crippen LogP contribution in [0.1, 0.15) is 6.42 Å². The van der Waals surface area contributed by atoms with E-state index in [4.69, 9.17) is 9.84 Å². The first-order chi connectivity index (χ1) is 5.20. The quantitative estimate of drug-likeness (QED) is 0.497. The number of aliphatic carboxylic acids is 1. The zero-order valence-electron chi connectivity index (χ0n) is 5.69. The highest BCUT2D eigenvalue weighted by Gasteiger charge is 2.49. The molecule has 0 aromatic rings. The molecule has 0 spiro atoms. The van der Waals surface area contributed by atoms with Gasteiger partial charge in [0, 0.05) is 6.42 Å². The van der Waals surface area contributed by atoms with E-state index in [1.54, 1.807) is 0 Å². The smallest absolute Gasteiger partial charge is 0.354 e. The van der Waals surface area contributed by atoms with Crippen LogP contribution in [-0.4, -0.2) is 40.8 Å². The Balaban J connectivity index is 2.14. The number of carboxylic acid groups (broad SMARTS) is 1. The molecule has 2 rings (SSSR count). The minimum Gasteiger partial charge on any atom is -0.478 e. The molecule has 5 nitrogen and oxygen atoms in total. The van der Waals surface area contributed by atoms with Crippen LogP contribution < -0.4 is 0 Å². The average Bonchev–Trinajstić information content (AvgIpc) is 2.25. The van der Waals surface area contributed by atoms with Crippen LogP contribution >= 0.6 is 0 Å². The predicted octanol–water partition coefficient (Wildman–Crippen LogP) is -0.972. The van der Waals surface area contributed by atoms with Crippen LogP contribution in [0.2, 0.25) is 0 Å². The van der Waals surface area contributed by atoms with Crippen molar-refractivity contribution in [1.82, 2.24) is 4.90 Å². The van der Waals surface area contributed by atoms with E-state index >= 15 is 0 Å². The largest absolute Gasteiger partial charge is 0.478 e. The maximum Gasteiger partial charge on any atom is 0.354 e. The average molecular weight is 157 g/mol. The summed E-state index contributed by atoms with van der Waals surface area (Å²) in [6.45, 7) is 0.364. The number of carboxylic acids is 1. The van der Waals surface area contributed by atoms with Crippen LogP contribution in [0.5, 0.6) is 0 Å². The van der Waals surface area contributed by atoms with Crippen molar-refractivity contribution in [3.63, 3.8) is 0 Å². The fourth-order valence-corrected chi connectivity index (χ4v) is 1.43. The molecule has 2 heterocycles. The van der Waals surface area contributed by atoms with Crippen molar-refractivity contribution in [2.75, 3.05) is 6.61 Å². The van der Waals surface area contributed by atoms with Gasteiger partial charge in [-0.05, 0) is 0 Å². The van der Waals surface area contributed by atoms with Gasteiger partial charge in [-0.2, -0.15) is 0 Å². The van der Waals surface area contributed by atoms with E-state index < -0.39 is 12.2 Å². The zero-order valence-corrected chi connectivity index (χ0v) is 5.69. The van der Waals surface area contributed by atoms with E-state index in [1.807, 2.05) is 0 Å². The second-order valence-electron chi connectivity index (χ2n) is 2.68. The van der Waals surface area contributed by atoms with Gasteiger partial charge >= 0.3 is 5.97 Å². The second-order valence-corrected chi connectivity index (χ2v) is 2.68. The lowest BCUT2D eigenvalue weighted by Crippen LogP contribution is -2.55. The number of carbonyl (C=O) groups excluding carboxylic acids is 1. The first-order valence-corrected chi connectivity index (χ1v) is 3.35. The Morgan fingerprint density at radius 2 is 2.45 bits per heavy atom. The van der Waals surface area contributed by atoms with Crippen molar-refractivity contribution < 1.29 is 19.4 Å². The van der Waals surface area contributed by atoms with Gasteiger partial charge in [-0.3, -0.25) is 4.79 Å². The molecular weight excluding hydrogens is 150 g/mol. The van der Waals surface area contributed by atoms with E-state index in [-0.39, 0.29) is 11.9 Å². The molecule has 0 aromatic heterocycles. The van der Waals surface area contributed by atoms with E-state index in [9.17, 15) is 9.59 Å². The molecule has 1 N–H and O–H groups in total. The van der Waals surface area contributed by atoms with E-state index in [0.29, 0.717) is 13.0 Å². The molecule has 0 aliphatic carbocycles. The highest BCUT2D eigenvalue weighted by Crippen LogP contribution is 2.29. The first kappa shape index (κ1) is 6.60. The van der Waals surface area contributed by atoms with Crippen molar-refractivity contribution in [2.24, 2.45) is 0 Å². The van der Waals surface area contributed by atoms with Crippen molar-refractivity contribution in [2.45, 2.75) is 18.7 Å². The lowest BCUT2D eigenvalue weighted by Gasteiger charge is -2.34. The van der Waals surface area contributed by atoms with E-state index in [0.717, 1.165) is 0 Å². The predicted molar refractivity (Wildman–Crippen MR) is 32.6 cm³/mol. The van der Waals surface area contributed by atoms with Gasteiger partial charge in [0.25, 0.3) is 0 Å². The summed E-state index contributed by atoms with van der Waals surface area (Å²) in [5.41, 5.74) is 0. The highest BCUT2D eigenvalue weighted by atomic mass is 16.5. The molecule has 0 saturated carbocycles. The van der Waals surface area contributed by atoms with Crippen LogP contribution in [0.4, 0.5) is 0 Å². The van der Waals surface area contributed by atoms with Crippen LogP contribution in [-0.2, 0) is 14.3 Å². The van der Waals surface area contributed by atoms with Crippen LogP contribution in [0.15, 0.2) is 0 Å². The Hall–Kier alpha value is -1.10. The summed E-state index contributed by atoms with van der Waals surface area (Å²) in [6.07, 6.45) is -0.592. The fraction of sp³-hybridized carbons (Fsp3) is 0.667. The summed E-state index contributed by atoms with van der Waals surface area (Å²) in [5.74, 6) is -1.21. The van der Waals surface area contributed by atoms with Gasteiger partial charge in [-0.1, -0.05) is 0 Å². The minimum absolute atomic E-state index is 0.0172. The number of ether oxygens (including phenoxy) is 1. The van der Waals surface area contributed by atoms with Crippen molar-refractivity contribution in [3.8, 4) is 0 Å². The molecular formula is C6H7NO4. The molecule has 0 radical (unpaired) electrons. The molecule has 60 valence electrons. The Morgan fingerprint density at radius 3 is 2.91 bits per heavy atom. The van der Waals surface area contributed by atoms with Crippen LogP contribution in [0, 0.1) is 0 Å². The number of fused-ring (bicyclic) bond motifs is 1. The van der Waals surface area contributed by atoms with Gasteiger partial charge in [-0.25, -0.2) is 4.79 Å². The molecule has 0 unspecified atom stereocenters. The number of nitrogens with zero attached hydrogens (tertiary/aromatic N) is 1. The number of amides is 1. The summed E-state index contributed by atoms with van der Waals surface area (Å²) in [7, 11) is 0. The molecule has 2 atom stereocenters. The summed E-state index contributed by atoms with van der Waals surface area (Å²) < 4.78 is 4.88. The van der Waals surface area contributed by atoms with Crippen molar-refractivity contribution in [3.05, 3.63) is 0 Å².